The summed E-state index contributed by atoms with van der Waals surface area (Å²) in [6, 6.07) is 0. The molecule has 0 unspecified atom stereocenters. The molecule has 5 aliphatic rings. The van der Waals surface area contributed by atoms with Crippen LogP contribution in [0, 0.1) is 50.2 Å². The van der Waals surface area contributed by atoms with Gasteiger partial charge in [0.2, 0.25) is 0 Å². The standard InChI is InChI=1S/C33H52O5/c1-21(34)37-20-33-15-11-28(3,4)19-27(33)32(8)13-12-30(6)25(31(32,7)14-16-33)9-10-29(5)18-23(36)24(17-26(29)30)38-22(2)35/h24-27H,9-20H2,1-8H3/t24-,25+,26-,27-,29-,30-,31-,32+,33-/m1/s1. The molecule has 0 aliphatic heterocycles. The van der Waals surface area contributed by atoms with Crippen LogP contribution in [0.25, 0.3) is 0 Å². The summed E-state index contributed by atoms with van der Waals surface area (Å²) in [5, 5.41) is 0. The number of ether oxygens (including phenoxy) is 2. The molecule has 0 bridgehead atoms. The minimum Gasteiger partial charge on any atom is -0.465 e. The first-order chi connectivity index (χ1) is 17.5. The van der Waals surface area contributed by atoms with Crippen LogP contribution < -0.4 is 0 Å². The Labute approximate surface area is 230 Å². The Morgan fingerprint density at radius 3 is 2.08 bits per heavy atom. The molecule has 0 amide bonds. The summed E-state index contributed by atoms with van der Waals surface area (Å²) in [7, 11) is 0. The van der Waals surface area contributed by atoms with Crippen LogP contribution in [0.5, 0.6) is 0 Å². The molecule has 0 aromatic carbocycles. The van der Waals surface area contributed by atoms with Gasteiger partial charge >= 0.3 is 11.9 Å². The lowest BCUT2D eigenvalue weighted by Crippen LogP contribution is -2.68. The molecule has 0 spiro atoms. The molecule has 5 fully saturated rings. The molecule has 5 nitrogen and oxygen atoms in total. The molecule has 0 heterocycles. The fourth-order valence-corrected chi connectivity index (χ4v) is 11.4. The zero-order valence-electron chi connectivity index (χ0n) is 25.3. The summed E-state index contributed by atoms with van der Waals surface area (Å²) >= 11 is 0. The van der Waals surface area contributed by atoms with Crippen molar-refractivity contribution < 1.29 is 23.9 Å². The van der Waals surface area contributed by atoms with Crippen LogP contribution in [0.3, 0.4) is 0 Å². The fraction of sp³-hybridized carbons (Fsp3) is 0.909. The third-order valence-corrected chi connectivity index (χ3v) is 13.7. The van der Waals surface area contributed by atoms with Crippen molar-refractivity contribution in [2.75, 3.05) is 6.61 Å². The van der Waals surface area contributed by atoms with E-state index in [9.17, 15) is 14.4 Å². The smallest absolute Gasteiger partial charge is 0.303 e. The number of rotatable bonds is 3. The van der Waals surface area contributed by atoms with Crippen molar-refractivity contribution in [1.82, 2.24) is 0 Å². The predicted molar refractivity (Wildman–Crippen MR) is 147 cm³/mol. The highest BCUT2D eigenvalue weighted by Crippen LogP contribution is 2.78. The Morgan fingerprint density at radius 2 is 1.42 bits per heavy atom. The lowest BCUT2D eigenvalue weighted by molar-refractivity contribution is -0.263. The Hall–Kier alpha value is -1.39. The minimum absolute atomic E-state index is 0.0103. The second kappa shape index (κ2) is 8.80. The normalized spacial score (nSPS) is 49.5. The van der Waals surface area contributed by atoms with Gasteiger partial charge in [0.05, 0.1) is 6.61 Å². The van der Waals surface area contributed by atoms with Crippen molar-refractivity contribution in [1.29, 1.82) is 0 Å². The van der Waals surface area contributed by atoms with E-state index in [1.807, 2.05) is 0 Å². The third-order valence-electron chi connectivity index (χ3n) is 13.7. The summed E-state index contributed by atoms with van der Waals surface area (Å²) < 4.78 is 11.4. The van der Waals surface area contributed by atoms with Crippen LogP contribution in [-0.4, -0.2) is 30.4 Å². The van der Waals surface area contributed by atoms with E-state index in [1.165, 1.54) is 39.0 Å². The lowest BCUT2D eigenvalue weighted by atomic mass is 9.30. The van der Waals surface area contributed by atoms with E-state index < -0.39 is 6.10 Å². The van der Waals surface area contributed by atoms with Crippen LogP contribution in [-0.2, 0) is 23.9 Å². The van der Waals surface area contributed by atoms with E-state index in [4.69, 9.17) is 9.47 Å². The molecule has 0 N–H and O–H groups in total. The van der Waals surface area contributed by atoms with Crippen molar-refractivity contribution in [3.8, 4) is 0 Å². The van der Waals surface area contributed by atoms with Gasteiger partial charge in [-0.2, -0.15) is 0 Å². The first kappa shape index (κ1) is 28.1. The number of esters is 2. The maximum absolute atomic E-state index is 13.0. The van der Waals surface area contributed by atoms with Crippen molar-refractivity contribution in [2.45, 2.75) is 132 Å². The van der Waals surface area contributed by atoms with Crippen molar-refractivity contribution >= 4 is 17.7 Å². The topological polar surface area (TPSA) is 69.7 Å². The second-order valence-corrected chi connectivity index (χ2v) is 16.2. The van der Waals surface area contributed by atoms with E-state index in [1.54, 1.807) is 6.92 Å². The Kier molecular flexibility index (Phi) is 6.52. The summed E-state index contributed by atoms with van der Waals surface area (Å²) in [6.07, 6.45) is 11.1. The Morgan fingerprint density at radius 1 is 0.789 bits per heavy atom. The first-order valence-electron chi connectivity index (χ1n) is 15.3. The molecular weight excluding hydrogens is 476 g/mol. The molecule has 5 aliphatic carbocycles. The number of hydrogen-bond acceptors (Lipinski definition) is 5. The van der Waals surface area contributed by atoms with E-state index in [2.05, 4.69) is 41.5 Å². The number of carbonyl (C=O) groups is 3. The summed E-state index contributed by atoms with van der Waals surface area (Å²) in [4.78, 5) is 36.8. The fourth-order valence-electron chi connectivity index (χ4n) is 11.4. The molecule has 214 valence electrons. The highest BCUT2D eigenvalue weighted by atomic mass is 16.5. The zero-order chi connectivity index (χ0) is 27.9. The van der Waals surface area contributed by atoms with Gasteiger partial charge in [0.15, 0.2) is 11.9 Å². The van der Waals surface area contributed by atoms with Crippen molar-refractivity contribution in [3.63, 3.8) is 0 Å². The number of carbonyl (C=O) groups excluding carboxylic acids is 3. The molecule has 9 atom stereocenters. The molecule has 0 radical (unpaired) electrons. The average molecular weight is 529 g/mol. The molecule has 38 heavy (non-hydrogen) atoms. The summed E-state index contributed by atoms with van der Waals surface area (Å²) in [5.41, 5.74) is 0.880. The van der Waals surface area contributed by atoms with Crippen LogP contribution in [0.1, 0.15) is 126 Å². The second-order valence-electron chi connectivity index (χ2n) is 16.2. The van der Waals surface area contributed by atoms with E-state index in [0.717, 1.165) is 25.7 Å². The van der Waals surface area contributed by atoms with Gasteiger partial charge in [-0.25, -0.2) is 0 Å². The molecular formula is C33H52O5. The number of hydrogen-bond donors (Lipinski definition) is 0. The van der Waals surface area contributed by atoms with Gasteiger partial charge < -0.3 is 9.47 Å². The third kappa shape index (κ3) is 4.02. The van der Waals surface area contributed by atoms with Gasteiger partial charge in [0.1, 0.15) is 0 Å². The van der Waals surface area contributed by atoms with Gasteiger partial charge in [-0.3, -0.25) is 14.4 Å². The summed E-state index contributed by atoms with van der Waals surface area (Å²) in [6.45, 7) is 18.5. The molecule has 0 saturated heterocycles. The van der Waals surface area contributed by atoms with Gasteiger partial charge in [-0.05, 0) is 109 Å². The summed E-state index contributed by atoms with van der Waals surface area (Å²) in [5.74, 6) is 1.12. The predicted octanol–water partition coefficient (Wildman–Crippen LogP) is 7.30. The highest BCUT2D eigenvalue weighted by Gasteiger charge is 2.71. The number of ketones is 1. The van der Waals surface area contributed by atoms with Crippen LogP contribution in [0.15, 0.2) is 0 Å². The molecule has 0 aromatic heterocycles. The van der Waals surface area contributed by atoms with Crippen LogP contribution in [0.2, 0.25) is 0 Å². The molecule has 5 saturated carbocycles. The van der Waals surface area contributed by atoms with E-state index in [0.29, 0.717) is 42.6 Å². The Balaban J connectivity index is 1.51. The number of Topliss-reactive ketones (excluding diaryl/α,β-unsaturated/α-hetero) is 1. The number of fused-ring (bicyclic) bond motifs is 7. The molecule has 5 heteroatoms. The Bertz CT molecular complexity index is 1020. The van der Waals surface area contributed by atoms with Gasteiger partial charge in [-0.15, -0.1) is 0 Å². The van der Waals surface area contributed by atoms with Crippen molar-refractivity contribution in [2.24, 2.45) is 50.2 Å². The van der Waals surface area contributed by atoms with Crippen molar-refractivity contribution in [3.05, 3.63) is 0 Å². The lowest BCUT2D eigenvalue weighted by Gasteiger charge is -2.74. The molecule has 5 rings (SSSR count). The average Bonchev–Trinajstić information content (AvgIpc) is 2.80. The molecule has 0 aromatic rings. The maximum Gasteiger partial charge on any atom is 0.303 e. The SMILES string of the molecule is CC(=O)OC[C@]12CCC(C)(C)C[C@@H]1[C@]1(C)CC[C@@]3(C)[C@@H]4C[C@@H](OC(C)=O)C(=O)C[C@@]4(C)CC[C@@H]3[C@@]1(C)CC2. The highest BCUT2D eigenvalue weighted by molar-refractivity contribution is 5.86. The van der Waals surface area contributed by atoms with Gasteiger partial charge in [0.25, 0.3) is 0 Å². The van der Waals surface area contributed by atoms with E-state index in [-0.39, 0.29) is 44.8 Å². The van der Waals surface area contributed by atoms with Gasteiger partial charge in [0, 0.05) is 25.7 Å². The minimum atomic E-state index is -0.579. The monoisotopic (exact) mass is 528 g/mol. The maximum atomic E-state index is 13.0. The largest absolute Gasteiger partial charge is 0.465 e. The van der Waals surface area contributed by atoms with E-state index >= 15 is 0 Å². The van der Waals surface area contributed by atoms with Crippen LogP contribution >= 0.6 is 0 Å². The zero-order valence-corrected chi connectivity index (χ0v) is 25.3. The first-order valence-corrected chi connectivity index (χ1v) is 15.3. The van der Waals surface area contributed by atoms with Crippen LogP contribution in [0.4, 0.5) is 0 Å². The quantitative estimate of drug-likeness (QED) is 0.360. The van der Waals surface area contributed by atoms with Gasteiger partial charge in [-0.1, -0.05) is 41.5 Å².